The van der Waals surface area contributed by atoms with Crippen LogP contribution in [0.2, 0.25) is 0 Å². The molecular weight excluding hydrogens is 318 g/mol. The fourth-order valence-electron chi connectivity index (χ4n) is 3.39. The number of nitrogens with zero attached hydrogens (tertiary/aromatic N) is 2. The van der Waals surface area contributed by atoms with Crippen LogP contribution < -0.4 is 5.32 Å². The van der Waals surface area contributed by atoms with E-state index in [1.807, 2.05) is 6.07 Å². The Balaban J connectivity index is 1.56. The lowest BCUT2D eigenvalue weighted by Crippen LogP contribution is -2.57. The van der Waals surface area contributed by atoms with Crippen LogP contribution in [0.15, 0.2) is 33.6 Å². The maximum absolute atomic E-state index is 12.3. The van der Waals surface area contributed by atoms with Gasteiger partial charge in [-0.05, 0) is 18.6 Å². The van der Waals surface area contributed by atoms with Crippen LogP contribution in [0.1, 0.15) is 6.42 Å². The number of hydrogen-bond donors (Lipinski definition) is 1. The number of morpholine rings is 1. The zero-order valence-corrected chi connectivity index (χ0v) is 13.5. The normalized spacial score (nSPS) is 29.8. The van der Waals surface area contributed by atoms with Crippen LogP contribution >= 0.6 is 0 Å². The summed E-state index contributed by atoms with van der Waals surface area (Å²) in [7, 11) is -3.63. The van der Waals surface area contributed by atoms with Crippen molar-refractivity contribution >= 4 is 21.5 Å². The van der Waals surface area contributed by atoms with E-state index in [4.69, 9.17) is 9.47 Å². The van der Waals surface area contributed by atoms with Gasteiger partial charge in [0.2, 0.25) is 0 Å². The molecule has 0 aliphatic carbocycles. The van der Waals surface area contributed by atoms with Gasteiger partial charge in [0.25, 0.3) is 10.0 Å². The molecule has 0 aromatic heterocycles. The molecule has 0 bridgehead atoms. The van der Waals surface area contributed by atoms with Crippen molar-refractivity contribution in [1.82, 2.24) is 4.90 Å². The van der Waals surface area contributed by atoms with Crippen LogP contribution in [-0.4, -0.2) is 64.2 Å². The van der Waals surface area contributed by atoms with Crippen LogP contribution in [0.4, 0.5) is 5.69 Å². The molecule has 3 aliphatic heterocycles. The van der Waals surface area contributed by atoms with Crippen LogP contribution in [-0.2, 0) is 19.5 Å². The summed E-state index contributed by atoms with van der Waals surface area (Å²) in [4.78, 5) is 2.47. The fourth-order valence-corrected chi connectivity index (χ4v) is 4.53. The molecule has 2 fully saturated rings. The summed E-state index contributed by atoms with van der Waals surface area (Å²) < 4.78 is 39.8. The second kappa shape index (κ2) is 5.86. The highest BCUT2D eigenvalue weighted by Crippen LogP contribution is 2.28. The van der Waals surface area contributed by atoms with Gasteiger partial charge in [-0.1, -0.05) is 12.1 Å². The Bertz CT molecular complexity index is 732. The molecule has 23 heavy (non-hydrogen) atoms. The van der Waals surface area contributed by atoms with E-state index in [0.717, 1.165) is 13.0 Å². The maximum Gasteiger partial charge on any atom is 0.286 e. The molecule has 0 saturated carbocycles. The van der Waals surface area contributed by atoms with Gasteiger partial charge in [-0.25, -0.2) is 0 Å². The second-order valence-corrected chi connectivity index (χ2v) is 7.52. The molecule has 3 heterocycles. The molecule has 1 aromatic carbocycles. The predicted molar refractivity (Wildman–Crippen MR) is 85.2 cm³/mol. The summed E-state index contributed by atoms with van der Waals surface area (Å²) in [5, 5.41) is 3.15. The summed E-state index contributed by atoms with van der Waals surface area (Å²) in [6.07, 6.45) is 0.951. The lowest BCUT2D eigenvalue weighted by molar-refractivity contribution is -0.131. The number of anilines is 1. The van der Waals surface area contributed by atoms with Crippen molar-refractivity contribution in [3.63, 3.8) is 0 Å². The number of hydrogen-bond acceptors (Lipinski definition) is 6. The van der Waals surface area contributed by atoms with E-state index in [2.05, 4.69) is 14.6 Å². The molecule has 7 nitrogen and oxygen atoms in total. The highest BCUT2D eigenvalue weighted by atomic mass is 32.2. The minimum absolute atomic E-state index is 0.0607. The summed E-state index contributed by atoms with van der Waals surface area (Å²) >= 11 is 0. The van der Waals surface area contributed by atoms with Gasteiger partial charge in [-0.15, -0.1) is 4.40 Å². The van der Waals surface area contributed by atoms with E-state index in [9.17, 15) is 8.42 Å². The van der Waals surface area contributed by atoms with Crippen molar-refractivity contribution in [3.05, 3.63) is 24.3 Å². The first-order chi connectivity index (χ1) is 11.1. The molecular formula is C15H19N3O4S. The average molecular weight is 337 g/mol. The second-order valence-electron chi connectivity index (χ2n) is 5.94. The molecule has 4 rings (SSSR count). The smallest absolute Gasteiger partial charge is 0.286 e. The van der Waals surface area contributed by atoms with Crippen LogP contribution in [0.5, 0.6) is 0 Å². The summed E-state index contributed by atoms with van der Waals surface area (Å²) in [5.41, 5.74) is 0.592. The van der Waals surface area contributed by atoms with Gasteiger partial charge in [-0.2, -0.15) is 8.42 Å². The van der Waals surface area contributed by atoms with Crippen molar-refractivity contribution in [3.8, 4) is 0 Å². The molecule has 8 heteroatoms. The first-order valence-electron chi connectivity index (χ1n) is 7.77. The monoisotopic (exact) mass is 337 g/mol. The van der Waals surface area contributed by atoms with Crippen molar-refractivity contribution in [2.75, 3.05) is 38.2 Å². The third-order valence-corrected chi connectivity index (χ3v) is 5.85. The maximum atomic E-state index is 12.3. The third kappa shape index (κ3) is 2.87. The Morgan fingerprint density at radius 2 is 2.17 bits per heavy atom. The van der Waals surface area contributed by atoms with Gasteiger partial charge >= 0.3 is 0 Å². The Kier molecular flexibility index (Phi) is 3.84. The Morgan fingerprint density at radius 3 is 3.09 bits per heavy atom. The Labute approximate surface area is 135 Å². The number of rotatable bonds is 2. The summed E-state index contributed by atoms with van der Waals surface area (Å²) in [6.45, 7) is 3.17. The fraction of sp³-hybridized carbons (Fsp3) is 0.533. The van der Waals surface area contributed by atoms with Crippen LogP contribution in [0.25, 0.3) is 0 Å². The molecule has 0 unspecified atom stereocenters. The Morgan fingerprint density at radius 1 is 1.30 bits per heavy atom. The number of fused-ring (bicyclic) bond motifs is 2. The predicted octanol–water partition coefficient (Wildman–Crippen LogP) is 0.689. The highest BCUT2D eigenvalue weighted by molar-refractivity contribution is 7.90. The molecule has 0 amide bonds. The van der Waals surface area contributed by atoms with Crippen molar-refractivity contribution in [1.29, 1.82) is 0 Å². The molecule has 2 saturated heterocycles. The van der Waals surface area contributed by atoms with E-state index < -0.39 is 10.0 Å². The molecule has 0 radical (unpaired) electrons. The summed E-state index contributed by atoms with van der Waals surface area (Å²) in [5.74, 6) is 0.468. The topological polar surface area (TPSA) is 80.2 Å². The van der Waals surface area contributed by atoms with Crippen molar-refractivity contribution in [2.24, 2.45) is 4.40 Å². The molecule has 3 aliphatic rings. The van der Waals surface area contributed by atoms with E-state index in [-0.39, 0.29) is 17.0 Å². The molecule has 124 valence electrons. The highest BCUT2D eigenvalue weighted by Gasteiger charge is 2.36. The van der Waals surface area contributed by atoms with Crippen LogP contribution in [0, 0.1) is 0 Å². The molecule has 2 atom stereocenters. The van der Waals surface area contributed by atoms with Crippen molar-refractivity contribution in [2.45, 2.75) is 23.5 Å². The minimum Gasteiger partial charge on any atom is -0.379 e. The van der Waals surface area contributed by atoms with Gasteiger partial charge in [0.1, 0.15) is 10.7 Å². The lowest BCUT2D eigenvalue weighted by Gasteiger charge is -2.43. The van der Waals surface area contributed by atoms with E-state index in [1.165, 1.54) is 0 Å². The summed E-state index contributed by atoms with van der Waals surface area (Å²) in [6, 6.07) is 7.10. The molecule has 1 N–H and O–H groups in total. The van der Waals surface area contributed by atoms with Gasteiger partial charge in [-0.3, -0.25) is 4.90 Å². The number of ether oxygens (including phenoxy) is 2. The lowest BCUT2D eigenvalue weighted by atomic mass is 10.0. The molecule has 1 aromatic rings. The average Bonchev–Trinajstić information content (AvgIpc) is 2.55. The number of para-hydroxylation sites is 1. The zero-order valence-electron chi connectivity index (χ0n) is 12.6. The van der Waals surface area contributed by atoms with Gasteiger partial charge < -0.3 is 14.8 Å². The first-order valence-corrected chi connectivity index (χ1v) is 9.21. The SMILES string of the molecule is O=S1(=O)N=C(CN2CCO[C@@H]3COCC[C@@H]32)Nc2ccccc21. The molecule has 0 spiro atoms. The van der Waals surface area contributed by atoms with Gasteiger partial charge in [0.15, 0.2) is 0 Å². The zero-order chi connectivity index (χ0) is 15.9. The van der Waals surface area contributed by atoms with E-state index in [1.54, 1.807) is 18.2 Å². The quantitative estimate of drug-likeness (QED) is 0.855. The van der Waals surface area contributed by atoms with Gasteiger partial charge in [0.05, 0.1) is 31.5 Å². The van der Waals surface area contributed by atoms with Crippen LogP contribution in [0.3, 0.4) is 0 Å². The third-order valence-electron chi connectivity index (χ3n) is 4.48. The Hall–Kier alpha value is -1.48. The number of nitrogens with one attached hydrogen (secondary N) is 1. The number of benzene rings is 1. The van der Waals surface area contributed by atoms with E-state index >= 15 is 0 Å². The van der Waals surface area contributed by atoms with Crippen molar-refractivity contribution < 1.29 is 17.9 Å². The number of amidine groups is 1. The van der Waals surface area contributed by atoms with E-state index in [0.29, 0.717) is 37.9 Å². The minimum atomic E-state index is -3.63. The number of sulfonamides is 1. The first kappa shape index (κ1) is 15.1. The largest absolute Gasteiger partial charge is 0.379 e. The van der Waals surface area contributed by atoms with Gasteiger partial charge in [0, 0.05) is 19.2 Å². The standard InChI is InChI=1S/C15H19N3O4S/c19-23(20)14-4-2-1-3-11(14)16-15(17-23)9-18-6-8-22-13-10-21-7-5-12(13)18/h1-4,12-13H,5-10H2,(H,16,17)/t12-,13+/m0/s1.